The molecule has 0 atom stereocenters. The number of urea groups is 1. The first-order valence-electron chi connectivity index (χ1n) is 4.90. The van der Waals surface area contributed by atoms with E-state index in [0.717, 1.165) is 11.3 Å². The lowest BCUT2D eigenvalue weighted by Crippen LogP contribution is -2.41. The van der Waals surface area contributed by atoms with Crippen LogP contribution in [0.5, 0.6) is 0 Å². The van der Waals surface area contributed by atoms with Crippen molar-refractivity contribution in [1.82, 2.24) is 10.3 Å². The average molecular weight is 231 g/mol. The first-order valence-corrected chi connectivity index (χ1v) is 5.84. The Kier molecular flexibility index (Phi) is 2.11. The van der Waals surface area contributed by atoms with Gasteiger partial charge >= 0.3 is 6.03 Å². The Bertz CT molecular complexity index is 524. The fourth-order valence-electron chi connectivity index (χ4n) is 1.78. The van der Waals surface area contributed by atoms with Gasteiger partial charge in [-0.15, -0.1) is 11.3 Å². The summed E-state index contributed by atoms with van der Waals surface area (Å²) in [6.07, 6.45) is 0. The van der Waals surface area contributed by atoms with Crippen LogP contribution in [0.4, 0.5) is 16.3 Å². The average Bonchev–Trinajstić information content (AvgIpc) is 2.82. The van der Waals surface area contributed by atoms with E-state index in [1.807, 2.05) is 29.6 Å². The third-order valence-corrected chi connectivity index (χ3v) is 3.09. The molecule has 0 saturated heterocycles. The van der Waals surface area contributed by atoms with Gasteiger partial charge in [0, 0.05) is 11.9 Å². The Hall–Kier alpha value is -1.88. The van der Waals surface area contributed by atoms with Crippen molar-refractivity contribution < 1.29 is 4.79 Å². The van der Waals surface area contributed by atoms with Crippen LogP contribution < -0.4 is 10.2 Å². The van der Waals surface area contributed by atoms with E-state index in [2.05, 4.69) is 10.3 Å². The third-order valence-electron chi connectivity index (χ3n) is 2.51. The molecule has 0 aliphatic carbocycles. The highest BCUT2D eigenvalue weighted by Crippen LogP contribution is 2.30. The molecule has 5 heteroatoms. The second-order valence-corrected chi connectivity index (χ2v) is 4.19. The highest BCUT2D eigenvalue weighted by Gasteiger charge is 2.25. The standard InChI is InChI=1S/C11H9N3OS/c15-11-12-5-8-3-1-2-4-9(8)14(11)10-6-16-7-13-10/h1-4,6-7H,5H2,(H,12,15). The lowest BCUT2D eigenvalue weighted by molar-refractivity contribution is 0.247. The van der Waals surface area contributed by atoms with Crippen LogP contribution in [-0.2, 0) is 6.54 Å². The van der Waals surface area contributed by atoms with Crippen LogP contribution in [0, 0.1) is 0 Å². The van der Waals surface area contributed by atoms with E-state index >= 15 is 0 Å². The van der Waals surface area contributed by atoms with Crippen LogP contribution in [0.25, 0.3) is 0 Å². The zero-order chi connectivity index (χ0) is 11.0. The number of thiazole rings is 1. The van der Waals surface area contributed by atoms with Gasteiger partial charge in [0.2, 0.25) is 0 Å². The van der Waals surface area contributed by atoms with Gasteiger partial charge in [-0.1, -0.05) is 18.2 Å². The fraction of sp³-hybridized carbons (Fsp3) is 0.0909. The van der Waals surface area contributed by atoms with Crippen LogP contribution >= 0.6 is 11.3 Å². The van der Waals surface area contributed by atoms with Crippen molar-refractivity contribution in [3.8, 4) is 0 Å². The van der Waals surface area contributed by atoms with Crippen molar-refractivity contribution in [1.29, 1.82) is 0 Å². The molecule has 16 heavy (non-hydrogen) atoms. The summed E-state index contributed by atoms with van der Waals surface area (Å²) in [5, 5.41) is 4.69. The molecule has 4 nitrogen and oxygen atoms in total. The summed E-state index contributed by atoms with van der Waals surface area (Å²) in [5.41, 5.74) is 3.74. The number of hydrogen-bond donors (Lipinski definition) is 1. The largest absolute Gasteiger partial charge is 0.333 e. The maximum Gasteiger partial charge on any atom is 0.328 e. The topological polar surface area (TPSA) is 45.2 Å². The fourth-order valence-corrected chi connectivity index (χ4v) is 2.30. The SMILES string of the molecule is O=C1NCc2ccccc2N1c1cscn1. The number of amides is 2. The molecule has 0 unspecified atom stereocenters. The van der Waals surface area contributed by atoms with Crippen molar-refractivity contribution in [2.24, 2.45) is 0 Å². The molecule has 1 aromatic heterocycles. The van der Waals surface area contributed by atoms with E-state index in [1.54, 1.807) is 10.4 Å². The second kappa shape index (κ2) is 3.61. The quantitative estimate of drug-likeness (QED) is 0.819. The van der Waals surface area contributed by atoms with Crippen LogP contribution in [0.2, 0.25) is 0 Å². The van der Waals surface area contributed by atoms with Crippen molar-refractivity contribution in [3.63, 3.8) is 0 Å². The van der Waals surface area contributed by atoms with Gasteiger partial charge in [-0.05, 0) is 11.6 Å². The van der Waals surface area contributed by atoms with E-state index in [0.29, 0.717) is 12.4 Å². The monoisotopic (exact) mass is 231 g/mol. The Labute approximate surface area is 96.5 Å². The molecular formula is C11H9N3OS. The summed E-state index contributed by atoms with van der Waals surface area (Å²) in [6, 6.07) is 7.72. The van der Waals surface area contributed by atoms with Gasteiger partial charge in [-0.2, -0.15) is 0 Å². The number of para-hydroxylation sites is 1. The van der Waals surface area contributed by atoms with Gasteiger partial charge < -0.3 is 5.32 Å². The van der Waals surface area contributed by atoms with Gasteiger partial charge in [-0.3, -0.25) is 0 Å². The Morgan fingerprint density at radius 1 is 1.38 bits per heavy atom. The van der Waals surface area contributed by atoms with Gasteiger partial charge in [0.25, 0.3) is 0 Å². The number of anilines is 2. The minimum absolute atomic E-state index is 0.121. The summed E-state index contributed by atoms with van der Waals surface area (Å²) in [4.78, 5) is 17.6. The molecular weight excluding hydrogens is 222 g/mol. The Balaban J connectivity index is 2.14. The molecule has 80 valence electrons. The summed E-state index contributed by atoms with van der Waals surface area (Å²) in [5.74, 6) is 0.676. The van der Waals surface area contributed by atoms with Crippen molar-refractivity contribution in [2.45, 2.75) is 6.54 Å². The zero-order valence-corrected chi connectivity index (χ0v) is 9.20. The third kappa shape index (κ3) is 1.37. The smallest absolute Gasteiger partial charge is 0.328 e. The number of aromatic nitrogens is 1. The molecule has 0 radical (unpaired) electrons. The Morgan fingerprint density at radius 2 is 2.25 bits per heavy atom. The summed E-state index contributed by atoms with van der Waals surface area (Å²) < 4.78 is 0. The molecule has 1 aliphatic rings. The maximum absolute atomic E-state index is 11.8. The van der Waals surface area contributed by atoms with E-state index in [9.17, 15) is 4.79 Å². The summed E-state index contributed by atoms with van der Waals surface area (Å²) >= 11 is 1.48. The zero-order valence-electron chi connectivity index (χ0n) is 8.38. The molecule has 1 N–H and O–H groups in total. The highest BCUT2D eigenvalue weighted by atomic mass is 32.1. The molecule has 0 fully saturated rings. The van der Waals surface area contributed by atoms with Crippen molar-refractivity contribution in [2.75, 3.05) is 4.90 Å². The van der Waals surface area contributed by atoms with Gasteiger partial charge in [0.1, 0.15) is 0 Å². The van der Waals surface area contributed by atoms with E-state index in [-0.39, 0.29) is 6.03 Å². The minimum Gasteiger partial charge on any atom is -0.333 e. The Morgan fingerprint density at radius 3 is 3.06 bits per heavy atom. The van der Waals surface area contributed by atoms with Crippen LogP contribution in [0.1, 0.15) is 5.56 Å². The van der Waals surface area contributed by atoms with E-state index < -0.39 is 0 Å². The minimum atomic E-state index is -0.121. The summed E-state index contributed by atoms with van der Waals surface area (Å²) in [6.45, 7) is 0.579. The van der Waals surface area contributed by atoms with Crippen molar-refractivity contribution >= 4 is 28.9 Å². The van der Waals surface area contributed by atoms with Gasteiger partial charge in [-0.25, -0.2) is 14.7 Å². The van der Waals surface area contributed by atoms with Crippen LogP contribution in [0.3, 0.4) is 0 Å². The number of nitrogens with zero attached hydrogens (tertiary/aromatic N) is 2. The number of carbonyl (C=O) groups is 1. The molecule has 2 aromatic rings. The lowest BCUT2D eigenvalue weighted by Gasteiger charge is -2.28. The predicted molar refractivity (Wildman–Crippen MR) is 62.9 cm³/mol. The predicted octanol–water partition coefficient (Wildman–Crippen LogP) is 2.50. The van der Waals surface area contributed by atoms with Gasteiger partial charge in [0.15, 0.2) is 5.82 Å². The van der Waals surface area contributed by atoms with Crippen molar-refractivity contribution in [3.05, 3.63) is 40.7 Å². The molecule has 1 aliphatic heterocycles. The number of rotatable bonds is 1. The first-order chi connectivity index (χ1) is 7.86. The molecule has 0 saturated carbocycles. The number of fused-ring (bicyclic) bond motifs is 1. The normalized spacial score (nSPS) is 14.5. The molecule has 1 aromatic carbocycles. The van der Waals surface area contributed by atoms with Crippen LogP contribution in [0.15, 0.2) is 35.2 Å². The van der Waals surface area contributed by atoms with E-state index in [1.165, 1.54) is 11.3 Å². The second-order valence-electron chi connectivity index (χ2n) is 3.47. The lowest BCUT2D eigenvalue weighted by atomic mass is 10.1. The number of nitrogens with one attached hydrogen (secondary N) is 1. The molecule has 2 amide bonds. The number of carbonyl (C=O) groups excluding carboxylic acids is 1. The number of benzene rings is 1. The molecule has 2 heterocycles. The molecule has 0 spiro atoms. The maximum atomic E-state index is 11.8. The molecule has 3 rings (SSSR count). The van der Waals surface area contributed by atoms with E-state index in [4.69, 9.17) is 0 Å². The highest BCUT2D eigenvalue weighted by molar-refractivity contribution is 7.07. The molecule has 0 bridgehead atoms. The summed E-state index contributed by atoms with van der Waals surface area (Å²) in [7, 11) is 0. The number of hydrogen-bond acceptors (Lipinski definition) is 3. The van der Waals surface area contributed by atoms with Crippen LogP contribution in [-0.4, -0.2) is 11.0 Å². The first kappa shape index (κ1) is 9.35. The van der Waals surface area contributed by atoms with Gasteiger partial charge in [0.05, 0.1) is 11.2 Å².